The third-order valence-corrected chi connectivity index (χ3v) is 8.05. The Morgan fingerprint density at radius 1 is 1.21 bits per heavy atom. The predicted molar refractivity (Wildman–Crippen MR) is 130 cm³/mol. The number of nitrogens with zero attached hydrogens (tertiary/aromatic N) is 5. The predicted octanol–water partition coefficient (Wildman–Crippen LogP) is 3.46. The first kappa shape index (κ1) is 24.9. The van der Waals surface area contributed by atoms with Gasteiger partial charge in [0, 0.05) is 18.7 Å². The molecule has 202 valence electrons. The lowest BCUT2D eigenvalue weighted by atomic mass is 9.87. The molecule has 2 aliphatic carbocycles. The average Bonchev–Trinajstić information content (AvgIpc) is 3.76. The summed E-state index contributed by atoms with van der Waals surface area (Å²) in [6.07, 6.45) is 4.95. The second kappa shape index (κ2) is 9.39. The van der Waals surface area contributed by atoms with Gasteiger partial charge in [-0.1, -0.05) is 0 Å². The van der Waals surface area contributed by atoms with Crippen LogP contribution >= 0.6 is 0 Å². The van der Waals surface area contributed by atoms with Crippen LogP contribution in [0, 0.1) is 23.7 Å². The Bertz CT molecular complexity index is 1350. The largest absolute Gasteiger partial charge is 0.408 e. The molecule has 1 unspecified atom stereocenters. The fourth-order valence-electron chi connectivity index (χ4n) is 5.86. The van der Waals surface area contributed by atoms with Crippen LogP contribution in [0.3, 0.4) is 0 Å². The number of alkyl halides is 3. The van der Waals surface area contributed by atoms with Gasteiger partial charge in [-0.3, -0.25) is 14.3 Å². The van der Waals surface area contributed by atoms with Crippen LogP contribution in [0.4, 0.5) is 13.2 Å². The maximum atomic E-state index is 13.3. The third-order valence-electron chi connectivity index (χ3n) is 8.05. The van der Waals surface area contributed by atoms with Gasteiger partial charge in [-0.15, -0.1) is 0 Å². The Kier molecular flexibility index (Phi) is 6.14. The van der Waals surface area contributed by atoms with E-state index in [1.54, 1.807) is 33.7 Å². The first-order chi connectivity index (χ1) is 18.2. The van der Waals surface area contributed by atoms with Gasteiger partial charge in [-0.05, 0) is 80.9 Å². The van der Waals surface area contributed by atoms with E-state index in [-0.39, 0.29) is 30.7 Å². The van der Waals surface area contributed by atoms with Gasteiger partial charge in [0.1, 0.15) is 11.7 Å². The molecule has 3 aromatic heterocycles. The molecule has 0 bridgehead atoms. The summed E-state index contributed by atoms with van der Waals surface area (Å²) in [5, 5.41) is 14.0. The number of carbonyl (C=O) groups excluding carboxylic acids is 2. The third kappa shape index (κ3) is 4.88. The van der Waals surface area contributed by atoms with E-state index in [9.17, 15) is 22.8 Å². The Labute approximate surface area is 217 Å². The monoisotopic (exact) mass is 529 g/mol. The zero-order valence-corrected chi connectivity index (χ0v) is 21.0. The van der Waals surface area contributed by atoms with Gasteiger partial charge in [0.25, 0.3) is 5.91 Å². The number of aromatic nitrogens is 5. The van der Waals surface area contributed by atoms with Crippen LogP contribution in [-0.2, 0) is 17.8 Å². The highest BCUT2D eigenvalue weighted by Gasteiger charge is 2.48. The zero-order chi connectivity index (χ0) is 26.6. The van der Waals surface area contributed by atoms with Crippen molar-refractivity contribution in [2.45, 2.75) is 70.3 Å². The van der Waals surface area contributed by atoms with E-state index in [4.69, 9.17) is 4.98 Å². The summed E-state index contributed by atoms with van der Waals surface area (Å²) < 4.78 is 42.5. The first-order valence-corrected chi connectivity index (χ1v) is 13.2. The lowest BCUT2D eigenvalue weighted by Gasteiger charge is -2.27. The Morgan fingerprint density at radius 2 is 1.95 bits per heavy atom. The summed E-state index contributed by atoms with van der Waals surface area (Å²) in [5.41, 5.74) is 2.39. The smallest absolute Gasteiger partial charge is 0.344 e. The van der Waals surface area contributed by atoms with Crippen LogP contribution in [0.25, 0.3) is 5.65 Å². The van der Waals surface area contributed by atoms with E-state index in [1.807, 2.05) is 13.1 Å². The maximum Gasteiger partial charge on any atom is 0.408 e. The molecule has 1 aliphatic heterocycles. The van der Waals surface area contributed by atoms with Crippen molar-refractivity contribution in [2.24, 2.45) is 23.7 Å². The summed E-state index contributed by atoms with van der Waals surface area (Å²) >= 11 is 0. The van der Waals surface area contributed by atoms with Crippen molar-refractivity contribution in [1.82, 2.24) is 35.0 Å². The van der Waals surface area contributed by atoms with Crippen LogP contribution in [0.5, 0.6) is 0 Å². The molecule has 3 fully saturated rings. The van der Waals surface area contributed by atoms with Gasteiger partial charge >= 0.3 is 6.18 Å². The highest BCUT2D eigenvalue weighted by atomic mass is 19.4. The van der Waals surface area contributed by atoms with Crippen molar-refractivity contribution >= 4 is 17.5 Å². The number of rotatable bonds is 9. The fraction of sp³-hybridized carbons (Fsp3) is 0.577. The number of amides is 2. The fourth-order valence-corrected chi connectivity index (χ4v) is 5.86. The molecule has 6 rings (SSSR count). The summed E-state index contributed by atoms with van der Waals surface area (Å²) in [5.74, 6) is -0.202. The molecule has 2 N–H and O–H groups in total. The number of hydrogen-bond acceptors (Lipinski definition) is 5. The van der Waals surface area contributed by atoms with Crippen molar-refractivity contribution in [2.75, 3.05) is 0 Å². The summed E-state index contributed by atoms with van der Waals surface area (Å²) in [4.78, 5) is 30.3. The summed E-state index contributed by atoms with van der Waals surface area (Å²) in [6.45, 7) is 2.52. The molecule has 3 aromatic rings. The molecule has 9 nitrogen and oxygen atoms in total. The highest BCUT2D eigenvalue weighted by Crippen LogP contribution is 2.54. The van der Waals surface area contributed by atoms with Gasteiger partial charge in [0.2, 0.25) is 5.91 Å². The number of halogens is 3. The van der Waals surface area contributed by atoms with Crippen molar-refractivity contribution in [1.29, 1.82) is 0 Å². The van der Waals surface area contributed by atoms with Crippen molar-refractivity contribution < 1.29 is 22.8 Å². The molecule has 4 heterocycles. The second-order valence-corrected chi connectivity index (χ2v) is 10.8. The van der Waals surface area contributed by atoms with Crippen LogP contribution in [0.2, 0.25) is 0 Å². The van der Waals surface area contributed by atoms with E-state index in [2.05, 4.69) is 20.8 Å². The molecule has 2 amide bonds. The summed E-state index contributed by atoms with van der Waals surface area (Å²) in [7, 11) is 0. The van der Waals surface area contributed by atoms with Crippen LogP contribution in [0.15, 0.2) is 30.7 Å². The Balaban J connectivity index is 1.26. The highest BCUT2D eigenvalue weighted by molar-refractivity contribution is 5.92. The van der Waals surface area contributed by atoms with Gasteiger partial charge in [0.15, 0.2) is 5.65 Å². The molecular weight excluding hydrogens is 499 g/mol. The number of nitrogens with one attached hydrogen (secondary N) is 2. The number of fused-ring (bicyclic) bond motifs is 1. The zero-order valence-electron chi connectivity index (χ0n) is 21.0. The van der Waals surface area contributed by atoms with E-state index in [1.165, 1.54) is 0 Å². The van der Waals surface area contributed by atoms with Crippen molar-refractivity contribution in [3.63, 3.8) is 0 Å². The van der Waals surface area contributed by atoms with Gasteiger partial charge in [-0.2, -0.15) is 23.4 Å². The molecular formula is C26H30F3N7O2. The lowest BCUT2D eigenvalue weighted by molar-refractivity contribution is -0.154. The number of hydrogen-bond donors (Lipinski definition) is 2. The Morgan fingerprint density at radius 3 is 2.58 bits per heavy atom. The van der Waals surface area contributed by atoms with Crippen LogP contribution in [0.1, 0.15) is 66.8 Å². The maximum absolute atomic E-state index is 13.3. The molecule has 3 atom stereocenters. The molecule has 0 radical (unpaired) electrons. The quantitative estimate of drug-likeness (QED) is 0.442. The Hall–Kier alpha value is -3.44. The van der Waals surface area contributed by atoms with Gasteiger partial charge in [-0.25, -0.2) is 9.50 Å². The standard InChI is InChI=1S/C26H30F3N7O2/c1-2-35-19(7-8-30-35)25(38)34-23(22(15-3-4-15)16-5-6-16)18-13-36-21(32-18)10-14(12-31-36)9-17-11-20(26(27,28)29)33-24(17)37/h7-8,10,12-13,15-17,20,22-23H,2-6,9,11H2,1H3,(H,33,37)(H,34,38)/t17?,20-,23+/m0/s1. The van der Waals surface area contributed by atoms with Crippen LogP contribution in [-0.4, -0.2) is 48.4 Å². The van der Waals surface area contributed by atoms with Crippen LogP contribution < -0.4 is 10.6 Å². The van der Waals surface area contributed by atoms with Gasteiger partial charge in [0.05, 0.1) is 24.1 Å². The SMILES string of the molecule is CCn1nccc1C(=O)N[C@H](c1cn2ncc(CC3C[C@@H](C(F)(F)F)NC3=O)cc2n1)C(C1CC1)C1CC1. The molecule has 3 aliphatic rings. The van der Waals surface area contributed by atoms with Crippen molar-refractivity contribution in [3.05, 3.63) is 47.7 Å². The minimum absolute atomic E-state index is 0.151. The minimum Gasteiger partial charge on any atom is -0.344 e. The van der Waals surface area contributed by atoms with E-state index < -0.39 is 24.0 Å². The van der Waals surface area contributed by atoms with Gasteiger partial charge < -0.3 is 10.6 Å². The molecule has 2 saturated carbocycles. The topological polar surface area (TPSA) is 106 Å². The molecule has 38 heavy (non-hydrogen) atoms. The summed E-state index contributed by atoms with van der Waals surface area (Å²) in [6, 6.07) is 1.36. The second-order valence-electron chi connectivity index (χ2n) is 10.8. The lowest BCUT2D eigenvalue weighted by Crippen LogP contribution is -2.38. The normalized spacial score (nSPS) is 22.7. The first-order valence-electron chi connectivity index (χ1n) is 13.2. The number of aryl methyl sites for hydroxylation is 1. The molecule has 0 aromatic carbocycles. The van der Waals surface area contributed by atoms with E-state index in [0.717, 1.165) is 25.7 Å². The molecule has 12 heteroatoms. The van der Waals surface area contributed by atoms with E-state index in [0.29, 0.717) is 41.0 Å². The minimum atomic E-state index is -4.46. The number of carbonyl (C=O) groups is 2. The molecule has 1 saturated heterocycles. The number of imidazole rings is 1. The molecule has 0 spiro atoms. The average molecular weight is 530 g/mol. The van der Waals surface area contributed by atoms with E-state index >= 15 is 0 Å². The van der Waals surface area contributed by atoms with Crippen molar-refractivity contribution in [3.8, 4) is 0 Å².